The zero-order chi connectivity index (χ0) is 10.9. The first-order chi connectivity index (χ1) is 7.18. The van der Waals surface area contributed by atoms with Gasteiger partial charge in [0.05, 0.1) is 32.9 Å². The van der Waals surface area contributed by atoms with E-state index in [1.165, 1.54) is 7.11 Å². The number of carbonyl (C=O) groups excluding carboxylic acids is 1. The summed E-state index contributed by atoms with van der Waals surface area (Å²) in [5.74, 6) is -0.813. The van der Waals surface area contributed by atoms with E-state index in [4.69, 9.17) is 15.2 Å². The minimum atomic E-state index is -0.813. The summed E-state index contributed by atoms with van der Waals surface area (Å²) < 4.78 is 15.7. The second-order valence-corrected chi connectivity index (χ2v) is 3.80. The Hall–Kier alpha value is -0.850. The van der Waals surface area contributed by atoms with Gasteiger partial charge in [-0.05, 0) is 6.42 Å². The second kappa shape index (κ2) is 3.96. The Morgan fingerprint density at radius 2 is 2.20 bits per heavy atom. The van der Waals surface area contributed by atoms with Gasteiger partial charge in [-0.15, -0.1) is 0 Å². The van der Waals surface area contributed by atoms with Crippen LogP contribution in [-0.4, -0.2) is 56.2 Å². The molecule has 2 saturated heterocycles. The van der Waals surface area contributed by atoms with Crippen molar-refractivity contribution in [2.24, 2.45) is 5.73 Å². The van der Waals surface area contributed by atoms with Crippen molar-refractivity contribution in [3.63, 3.8) is 0 Å². The Balaban J connectivity index is 2.07. The molecule has 2 rings (SSSR count). The molecule has 1 atom stereocenters. The van der Waals surface area contributed by atoms with Crippen LogP contribution in [0.4, 0.5) is 4.79 Å². The molecule has 0 aromatic heterocycles. The highest BCUT2D eigenvalue weighted by Crippen LogP contribution is 2.29. The molecule has 2 heterocycles. The zero-order valence-corrected chi connectivity index (χ0v) is 8.77. The van der Waals surface area contributed by atoms with Crippen LogP contribution in [0.1, 0.15) is 6.42 Å². The lowest BCUT2D eigenvalue weighted by atomic mass is 9.99. The standard InChI is InChI=1S/C9H16N2O4/c1-13-8(12)11-3-2-7(10)9(6-11)14-4-5-15-9/h7H,2-6,10H2,1H3. The number of nitrogens with zero attached hydrogens (tertiary/aromatic N) is 1. The quantitative estimate of drug-likeness (QED) is 0.592. The number of hydrogen-bond donors (Lipinski definition) is 1. The number of piperidine rings is 1. The molecular weight excluding hydrogens is 200 g/mol. The van der Waals surface area contributed by atoms with E-state index in [-0.39, 0.29) is 12.1 Å². The van der Waals surface area contributed by atoms with Crippen molar-refractivity contribution in [1.29, 1.82) is 0 Å². The highest BCUT2D eigenvalue weighted by molar-refractivity contribution is 5.67. The number of carbonyl (C=O) groups is 1. The van der Waals surface area contributed by atoms with E-state index >= 15 is 0 Å². The molecule has 0 aromatic rings. The van der Waals surface area contributed by atoms with Gasteiger partial charge in [-0.2, -0.15) is 0 Å². The highest BCUT2D eigenvalue weighted by Gasteiger charge is 2.48. The molecule has 2 aliphatic heterocycles. The molecule has 2 fully saturated rings. The van der Waals surface area contributed by atoms with Crippen LogP contribution >= 0.6 is 0 Å². The van der Waals surface area contributed by atoms with Crippen LogP contribution in [0.2, 0.25) is 0 Å². The topological polar surface area (TPSA) is 74.0 Å². The SMILES string of the molecule is COC(=O)N1CCC(N)C2(C1)OCCO2. The van der Waals surface area contributed by atoms with E-state index in [9.17, 15) is 4.79 Å². The lowest BCUT2D eigenvalue weighted by Crippen LogP contribution is -2.62. The fraction of sp³-hybridized carbons (Fsp3) is 0.889. The van der Waals surface area contributed by atoms with Crippen molar-refractivity contribution in [2.75, 3.05) is 33.4 Å². The molecule has 0 aromatic carbocycles. The van der Waals surface area contributed by atoms with Crippen LogP contribution in [0, 0.1) is 0 Å². The largest absolute Gasteiger partial charge is 0.453 e. The number of amides is 1. The molecule has 0 radical (unpaired) electrons. The molecule has 0 saturated carbocycles. The molecule has 1 unspecified atom stereocenters. The van der Waals surface area contributed by atoms with E-state index in [1.807, 2.05) is 0 Å². The molecule has 15 heavy (non-hydrogen) atoms. The average molecular weight is 216 g/mol. The van der Waals surface area contributed by atoms with Crippen molar-refractivity contribution >= 4 is 6.09 Å². The van der Waals surface area contributed by atoms with E-state index in [0.717, 1.165) is 0 Å². The normalized spacial score (nSPS) is 29.5. The maximum atomic E-state index is 11.4. The van der Waals surface area contributed by atoms with Gasteiger partial charge in [0.1, 0.15) is 0 Å². The van der Waals surface area contributed by atoms with Gasteiger partial charge in [-0.3, -0.25) is 0 Å². The Morgan fingerprint density at radius 3 is 2.80 bits per heavy atom. The van der Waals surface area contributed by atoms with E-state index < -0.39 is 5.79 Å². The van der Waals surface area contributed by atoms with Gasteiger partial charge in [0, 0.05) is 6.54 Å². The summed E-state index contributed by atoms with van der Waals surface area (Å²) in [5, 5.41) is 0. The molecular formula is C9H16N2O4. The molecule has 0 aliphatic carbocycles. The maximum Gasteiger partial charge on any atom is 0.409 e. The fourth-order valence-corrected chi connectivity index (χ4v) is 2.04. The minimum Gasteiger partial charge on any atom is -0.453 e. The summed E-state index contributed by atoms with van der Waals surface area (Å²) in [6, 6.07) is -0.180. The lowest BCUT2D eigenvalue weighted by Gasteiger charge is -2.41. The molecule has 6 heteroatoms. The Morgan fingerprint density at radius 1 is 1.53 bits per heavy atom. The molecule has 0 bridgehead atoms. The molecule has 2 N–H and O–H groups in total. The summed E-state index contributed by atoms with van der Waals surface area (Å²) in [4.78, 5) is 12.9. The van der Waals surface area contributed by atoms with Gasteiger partial charge in [0.2, 0.25) is 5.79 Å². The molecule has 2 aliphatic rings. The Kier molecular flexibility index (Phi) is 2.81. The van der Waals surface area contributed by atoms with Crippen LogP contribution in [0.3, 0.4) is 0 Å². The zero-order valence-electron chi connectivity index (χ0n) is 8.77. The molecule has 6 nitrogen and oxygen atoms in total. The van der Waals surface area contributed by atoms with E-state index in [1.54, 1.807) is 4.90 Å². The smallest absolute Gasteiger partial charge is 0.409 e. The summed E-state index contributed by atoms with van der Waals surface area (Å²) in [6.45, 7) is 1.99. The summed E-state index contributed by atoms with van der Waals surface area (Å²) in [7, 11) is 1.36. The maximum absolute atomic E-state index is 11.4. The fourth-order valence-electron chi connectivity index (χ4n) is 2.04. The van der Waals surface area contributed by atoms with Gasteiger partial charge in [0.25, 0.3) is 0 Å². The van der Waals surface area contributed by atoms with Crippen LogP contribution in [0.15, 0.2) is 0 Å². The van der Waals surface area contributed by atoms with Gasteiger partial charge in [-0.25, -0.2) is 4.79 Å². The van der Waals surface area contributed by atoms with Gasteiger partial charge in [-0.1, -0.05) is 0 Å². The third-order valence-corrected chi connectivity index (χ3v) is 2.90. The highest BCUT2D eigenvalue weighted by atomic mass is 16.7. The number of rotatable bonds is 0. The van der Waals surface area contributed by atoms with Crippen molar-refractivity contribution in [1.82, 2.24) is 4.90 Å². The van der Waals surface area contributed by atoms with E-state index in [2.05, 4.69) is 4.74 Å². The predicted octanol–water partition coefficient (Wildman–Crippen LogP) is -0.471. The molecule has 1 amide bonds. The number of methoxy groups -OCH3 is 1. The van der Waals surface area contributed by atoms with Crippen molar-refractivity contribution in [3.8, 4) is 0 Å². The van der Waals surface area contributed by atoms with Crippen LogP contribution < -0.4 is 5.73 Å². The van der Waals surface area contributed by atoms with Gasteiger partial charge >= 0.3 is 6.09 Å². The molecule has 86 valence electrons. The van der Waals surface area contributed by atoms with Gasteiger partial charge < -0.3 is 24.8 Å². The van der Waals surface area contributed by atoms with Crippen LogP contribution in [0.5, 0.6) is 0 Å². The minimum absolute atomic E-state index is 0.180. The first-order valence-electron chi connectivity index (χ1n) is 5.04. The Labute approximate surface area is 88.2 Å². The number of hydrogen-bond acceptors (Lipinski definition) is 5. The van der Waals surface area contributed by atoms with E-state index in [0.29, 0.717) is 32.7 Å². The second-order valence-electron chi connectivity index (χ2n) is 3.80. The first-order valence-corrected chi connectivity index (χ1v) is 5.04. The van der Waals surface area contributed by atoms with Crippen molar-refractivity contribution < 1.29 is 19.0 Å². The summed E-state index contributed by atoms with van der Waals surface area (Å²) in [5.41, 5.74) is 5.95. The lowest BCUT2D eigenvalue weighted by molar-refractivity contribution is -0.195. The first kappa shape index (κ1) is 10.7. The predicted molar refractivity (Wildman–Crippen MR) is 51.2 cm³/mol. The summed E-state index contributed by atoms with van der Waals surface area (Å²) in [6.07, 6.45) is 0.301. The molecule has 1 spiro atoms. The van der Waals surface area contributed by atoms with Crippen molar-refractivity contribution in [2.45, 2.75) is 18.2 Å². The average Bonchev–Trinajstić information content (AvgIpc) is 2.71. The van der Waals surface area contributed by atoms with Crippen LogP contribution in [-0.2, 0) is 14.2 Å². The van der Waals surface area contributed by atoms with Crippen molar-refractivity contribution in [3.05, 3.63) is 0 Å². The number of ether oxygens (including phenoxy) is 3. The van der Waals surface area contributed by atoms with Crippen LogP contribution in [0.25, 0.3) is 0 Å². The van der Waals surface area contributed by atoms with Gasteiger partial charge in [0.15, 0.2) is 0 Å². The third kappa shape index (κ3) is 1.80. The monoisotopic (exact) mass is 216 g/mol. The number of likely N-dealkylation sites (tertiary alicyclic amines) is 1. The number of nitrogens with two attached hydrogens (primary N) is 1. The third-order valence-electron chi connectivity index (χ3n) is 2.90. The Bertz CT molecular complexity index is 252. The summed E-state index contributed by atoms with van der Waals surface area (Å²) >= 11 is 0.